The SMILES string of the molecule is Cc1ccccc1C1(CN=C(N)N2CCC(C)CC2)CCOCC1. The second-order valence-corrected chi connectivity index (χ2v) is 7.55. The maximum Gasteiger partial charge on any atom is 0.191 e. The number of guanidine groups is 1. The smallest absolute Gasteiger partial charge is 0.191 e. The van der Waals surface area contributed by atoms with Crippen molar-refractivity contribution < 1.29 is 4.74 Å². The van der Waals surface area contributed by atoms with E-state index in [0.29, 0.717) is 0 Å². The second-order valence-electron chi connectivity index (χ2n) is 7.55. The fraction of sp³-hybridized carbons (Fsp3) is 0.650. The molecule has 4 heteroatoms. The predicted octanol–water partition coefficient (Wildman–Crippen LogP) is 3.09. The summed E-state index contributed by atoms with van der Waals surface area (Å²) in [6.45, 7) is 8.98. The minimum absolute atomic E-state index is 0.0668. The zero-order valence-corrected chi connectivity index (χ0v) is 15.1. The Kier molecular flexibility index (Phi) is 5.44. The van der Waals surface area contributed by atoms with Gasteiger partial charge in [-0.1, -0.05) is 31.2 Å². The van der Waals surface area contributed by atoms with E-state index in [-0.39, 0.29) is 5.41 Å². The highest BCUT2D eigenvalue weighted by molar-refractivity contribution is 5.78. The van der Waals surface area contributed by atoms with Crippen molar-refractivity contribution in [3.05, 3.63) is 35.4 Å². The maximum absolute atomic E-state index is 6.33. The van der Waals surface area contributed by atoms with E-state index in [1.807, 2.05) is 0 Å². The summed E-state index contributed by atoms with van der Waals surface area (Å²) in [6, 6.07) is 8.71. The normalized spacial score (nSPS) is 22.6. The number of aryl methyl sites for hydroxylation is 1. The third kappa shape index (κ3) is 3.75. The van der Waals surface area contributed by atoms with E-state index in [4.69, 9.17) is 15.5 Å². The molecule has 0 amide bonds. The molecule has 2 fully saturated rings. The fourth-order valence-corrected chi connectivity index (χ4v) is 4.01. The molecule has 0 spiro atoms. The average molecular weight is 329 g/mol. The molecule has 2 heterocycles. The summed E-state index contributed by atoms with van der Waals surface area (Å²) in [6.07, 6.45) is 4.47. The van der Waals surface area contributed by atoms with Gasteiger partial charge in [0.25, 0.3) is 0 Å². The average Bonchev–Trinajstić information content (AvgIpc) is 2.61. The van der Waals surface area contributed by atoms with Crippen molar-refractivity contribution in [2.24, 2.45) is 16.6 Å². The van der Waals surface area contributed by atoms with Gasteiger partial charge in [-0.05, 0) is 49.7 Å². The summed E-state index contributed by atoms with van der Waals surface area (Å²) >= 11 is 0. The zero-order valence-electron chi connectivity index (χ0n) is 15.1. The number of nitrogens with zero attached hydrogens (tertiary/aromatic N) is 2. The standard InChI is InChI=1S/C20H31N3O/c1-16-7-11-23(12-8-16)19(21)22-15-20(9-13-24-14-10-20)18-6-4-3-5-17(18)2/h3-6,16H,7-15H2,1-2H3,(H2,21,22). The molecule has 0 atom stereocenters. The van der Waals surface area contributed by atoms with Gasteiger partial charge in [-0.25, -0.2) is 0 Å². The van der Waals surface area contributed by atoms with Gasteiger partial charge in [-0.2, -0.15) is 0 Å². The van der Waals surface area contributed by atoms with Gasteiger partial charge < -0.3 is 15.4 Å². The lowest BCUT2D eigenvalue weighted by Gasteiger charge is -2.38. The Balaban J connectivity index is 1.78. The highest BCUT2D eigenvalue weighted by Gasteiger charge is 2.35. The van der Waals surface area contributed by atoms with Crippen molar-refractivity contribution in [3.63, 3.8) is 0 Å². The molecule has 4 nitrogen and oxygen atoms in total. The lowest BCUT2D eigenvalue weighted by molar-refractivity contribution is 0.0528. The van der Waals surface area contributed by atoms with E-state index < -0.39 is 0 Å². The molecule has 2 saturated heterocycles. The van der Waals surface area contributed by atoms with Crippen molar-refractivity contribution in [2.75, 3.05) is 32.8 Å². The molecule has 0 aliphatic carbocycles. The summed E-state index contributed by atoms with van der Waals surface area (Å²) in [5.74, 6) is 1.53. The van der Waals surface area contributed by atoms with Gasteiger partial charge in [0, 0.05) is 31.7 Å². The number of rotatable bonds is 3. The van der Waals surface area contributed by atoms with Crippen LogP contribution in [0.25, 0.3) is 0 Å². The van der Waals surface area contributed by atoms with Crippen LogP contribution in [0.5, 0.6) is 0 Å². The van der Waals surface area contributed by atoms with Crippen LogP contribution in [-0.4, -0.2) is 43.7 Å². The maximum atomic E-state index is 6.33. The molecule has 1 aromatic carbocycles. The van der Waals surface area contributed by atoms with E-state index in [1.165, 1.54) is 24.0 Å². The van der Waals surface area contributed by atoms with Crippen LogP contribution in [0.2, 0.25) is 0 Å². The quantitative estimate of drug-likeness (QED) is 0.685. The topological polar surface area (TPSA) is 50.8 Å². The molecule has 2 aliphatic rings. The Morgan fingerprint density at radius 3 is 2.58 bits per heavy atom. The number of likely N-dealkylation sites (tertiary alicyclic amines) is 1. The third-order valence-electron chi connectivity index (χ3n) is 5.82. The van der Waals surface area contributed by atoms with Crippen molar-refractivity contribution in [2.45, 2.75) is 44.9 Å². The van der Waals surface area contributed by atoms with Crippen molar-refractivity contribution in [1.82, 2.24) is 4.90 Å². The first-order valence-electron chi connectivity index (χ1n) is 9.29. The molecular weight excluding hydrogens is 298 g/mol. The lowest BCUT2D eigenvalue weighted by atomic mass is 9.72. The summed E-state index contributed by atoms with van der Waals surface area (Å²) < 4.78 is 5.63. The van der Waals surface area contributed by atoms with Gasteiger partial charge in [0.1, 0.15) is 0 Å². The van der Waals surface area contributed by atoms with Crippen LogP contribution < -0.4 is 5.73 Å². The number of nitrogens with two attached hydrogens (primary N) is 1. The molecule has 2 N–H and O–H groups in total. The number of benzene rings is 1. The third-order valence-corrected chi connectivity index (χ3v) is 5.82. The van der Waals surface area contributed by atoms with E-state index in [0.717, 1.165) is 57.6 Å². The predicted molar refractivity (Wildman–Crippen MR) is 99.4 cm³/mol. The summed E-state index contributed by atoms with van der Waals surface area (Å²) in [7, 11) is 0. The molecule has 1 aromatic rings. The molecule has 0 bridgehead atoms. The first-order valence-corrected chi connectivity index (χ1v) is 9.29. The molecule has 3 rings (SSSR count). The molecule has 132 valence electrons. The van der Waals surface area contributed by atoms with Crippen LogP contribution in [0.1, 0.15) is 43.7 Å². The minimum Gasteiger partial charge on any atom is -0.381 e. The highest BCUT2D eigenvalue weighted by atomic mass is 16.5. The Labute approximate surface area is 146 Å². The van der Waals surface area contributed by atoms with Gasteiger partial charge in [-0.3, -0.25) is 4.99 Å². The molecule has 2 aliphatic heterocycles. The largest absolute Gasteiger partial charge is 0.381 e. The molecule has 0 aromatic heterocycles. The number of hydrogen-bond donors (Lipinski definition) is 1. The first-order chi connectivity index (χ1) is 11.6. The van der Waals surface area contributed by atoms with Crippen LogP contribution in [0.15, 0.2) is 29.3 Å². The summed E-state index contributed by atoms with van der Waals surface area (Å²) in [5.41, 5.74) is 9.16. The van der Waals surface area contributed by atoms with E-state index in [1.54, 1.807) is 0 Å². The van der Waals surface area contributed by atoms with Crippen molar-refractivity contribution >= 4 is 5.96 Å². The van der Waals surface area contributed by atoms with E-state index in [2.05, 4.69) is 43.0 Å². The number of hydrogen-bond acceptors (Lipinski definition) is 2. The Hall–Kier alpha value is -1.55. The lowest BCUT2D eigenvalue weighted by Crippen LogP contribution is -2.44. The molecular formula is C20H31N3O. The van der Waals surface area contributed by atoms with Gasteiger partial charge in [0.2, 0.25) is 0 Å². The Bertz CT molecular complexity index is 570. The van der Waals surface area contributed by atoms with E-state index in [9.17, 15) is 0 Å². The van der Waals surface area contributed by atoms with Gasteiger partial charge >= 0.3 is 0 Å². The highest BCUT2D eigenvalue weighted by Crippen LogP contribution is 2.37. The van der Waals surface area contributed by atoms with Gasteiger partial charge in [0.05, 0.1) is 6.54 Å². The number of aliphatic imine (C=N–C) groups is 1. The fourth-order valence-electron chi connectivity index (χ4n) is 4.01. The van der Waals surface area contributed by atoms with Crippen LogP contribution in [0.4, 0.5) is 0 Å². The number of ether oxygens (including phenoxy) is 1. The van der Waals surface area contributed by atoms with Crippen molar-refractivity contribution in [1.29, 1.82) is 0 Å². The van der Waals surface area contributed by atoms with Crippen LogP contribution in [0, 0.1) is 12.8 Å². The number of piperidine rings is 1. The summed E-state index contributed by atoms with van der Waals surface area (Å²) in [4.78, 5) is 7.11. The Morgan fingerprint density at radius 1 is 1.25 bits per heavy atom. The molecule has 0 saturated carbocycles. The van der Waals surface area contributed by atoms with Gasteiger partial charge in [-0.15, -0.1) is 0 Å². The molecule has 0 radical (unpaired) electrons. The molecule has 0 unspecified atom stereocenters. The van der Waals surface area contributed by atoms with Crippen LogP contribution in [0.3, 0.4) is 0 Å². The molecule has 24 heavy (non-hydrogen) atoms. The second kappa shape index (κ2) is 7.56. The first kappa shape index (κ1) is 17.3. The van der Waals surface area contributed by atoms with Crippen molar-refractivity contribution in [3.8, 4) is 0 Å². The minimum atomic E-state index is 0.0668. The Morgan fingerprint density at radius 2 is 1.92 bits per heavy atom. The summed E-state index contributed by atoms with van der Waals surface area (Å²) in [5, 5.41) is 0. The zero-order chi connectivity index (χ0) is 17.0. The van der Waals surface area contributed by atoms with Gasteiger partial charge in [0.15, 0.2) is 5.96 Å². The van der Waals surface area contributed by atoms with Crippen LogP contribution in [-0.2, 0) is 10.2 Å². The monoisotopic (exact) mass is 329 g/mol. The van der Waals surface area contributed by atoms with E-state index >= 15 is 0 Å². The van der Waals surface area contributed by atoms with Crippen LogP contribution >= 0.6 is 0 Å².